The maximum absolute atomic E-state index is 12.9. The number of fused-ring (bicyclic) bond motifs is 1. The molecule has 0 saturated heterocycles. The zero-order valence-corrected chi connectivity index (χ0v) is 19.4. The highest BCUT2D eigenvalue weighted by Gasteiger charge is 2.23. The molecule has 0 bridgehead atoms. The van der Waals surface area contributed by atoms with E-state index in [9.17, 15) is 9.59 Å². The Bertz CT molecular complexity index is 1210. The van der Waals surface area contributed by atoms with E-state index in [-0.39, 0.29) is 24.6 Å². The molecule has 1 aliphatic heterocycles. The number of hydrogen-bond acceptors (Lipinski definition) is 7. The highest BCUT2D eigenvalue weighted by molar-refractivity contribution is 6.04. The predicted octanol–water partition coefficient (Wildman–Crippen LogP) is 3.30. The zero-order valence-electron chi connectivity index (χ0n) is 19.4. The van der Waals surface area contributed by atoms with E-state index in [1.807, 2.05) is 6.92 Å². The van der Waals surface area contributed by atoms with Crippen molar-refractivity contribution in [1.82, 2.24) is 14.7 Å². The first-order valence-electron chi connectivity index (χ1n) is 10.6. The summed E-state index contributed by atoms with van der Waals surface area (Å²) < 4.78 is 24.3. The molecule has 1 aliphatic rings. The second kappa shape index (κ2) is 9.84. The summed E-state index contributed by atoms with van der Waals surface area (Å²) in [6.07, 6.45) is 1.49. The maximum Gasteiger partial charge on any atom is 0.259 e. The fourth-order valence-corrected chi connectivity index (χ4v) is 3.43. The molecule has 1 N–H and O–H groups in total. The average Bonchev–Trinajstić information content (AvgIpc) is 3.20. The monoisotopic (exact) mass is 466 g/mol. The van der Waals surface area contributed by atoms with Crippen LogP contribution in [0.15, 0.2) is 48.7 Å². The van der Waals surface area contributed by atoms with Crippen LogP contribution < -0.4 is 19.5 Å². The summed E-state index contributed by atoms with van der Waals surface area (Å²) in [5, 5.41) is 6.93. The van der Waals surface area contributed by atoms with E-state index in [1.165, 1.54) is 4.90 Å². The summed E-state index contributed by atoms with van der Waals surface area (Å²) in [7, 11) is 5.02. The van der Waals surface area contributed by atoms with Crippen LogP contribution in [0, 0.1) is 0 Å². The molecular weight excluding hydrogens is 440 g/mol. The highest BCUT2D eigenvalue weighted by Crippen LogP contribution is 2.33. The first-order chi connectivity index (χ1) is 16.3. The van der Waals surface area contributed by atoms with E-state index in [0.29, 0.717) is 46.5 Å². The molecular formula is C24H26N4O6. The Morgan fingerprint density at radius 2 is 1.94 bits per heavy atom. The van der Waals surface area contributed by atoms with Gasteiger partial charge in [0.05, 0.1) is 12.2 Å². The predicted molar refractivity (Wildman–Crippen MR) is 124 cm³/mol. The summed E-state index contributed by atoms with van der Waals surface area (Å²) in [5.74, 6) is 1.66. The molecule has 1 atom stereocenters. The van der Waals surface area contributed by atoms with Crippen LogP contribution in [0.2, 0.25) is 0 Å². The molecule has 2 heterocycles. The Hall–Kier alpha value is -4.05. The van der Waals surface area contributed by atoms with E-state index in [2.05, 4.69) is 10.4 Å². The van der Waals surface area contributed by atoms with Crippen molar-refractivity contribution >= 4 is 17.6 Å². The molecule has 34 heavy (non-hydrogen) atoms. The Labute approximate surface area is 197 Å². The molecule has 0 unspecified atom stereocenters. The summed E-state index contributed by atoms with van der Waals surface area (Å²) >= 11 is 0. The minimum atomic E-state index is -0.365. The van der Waals surface area contributed by atoms with E-state index >= 15 is 0 Å². The van der Waals surface area contributed by atoms with Crippen LogP contribution in [-0.4, -0.2) is 60.1 Å². The first kappa shape index (κ1) is 23.1. The van der Waals surface area contributed by atoms with Gasteiger partial charge >= 0.3 is 0 Å². The molecule has 10 heteroatoms. The minimum absolute atomic E-state index is 0.121. The molecule has 0 spiro atoms. The second-order valence-electron chi connectivity index (χ2n) is 7.94. The van der Waals surface area contributed by atoms with Gasteiger partial charge in [-0.2, -0.15) is 5.10 Å². The lowest BCUT2D eigenvalue weighted by molar-refractivity contribution is 0.0595. The zero-order chi connectivity index (χ0) is 24.2. The topological polar surface area (TPSA) is 104 Å². The number of carbonyl (C=O) groups is 2. The standard InChI is InChI=1S/C24H26N4O6/c1-15(13-31-4)33-18-9-16(23(29)25-22-7-8-28(3)26-22)10-19(11-18)34-17-5-6-20-21(12-17)32-14-27(2)24(20)30/h5-12,15H,13-14H2,1-4H3,(H,25,26,29)/t15-/m0/s1. The van der Waals surface area contributed by atoms with Crippen LogP contribution in [0.4, 0.5) is 5.82 Å². The Morgan fingerprint density at radius 3 is 2.68 bits per heavy atom. The number of aryl methyl sites for hydroxylation is 1. The van der Waals surface area contributed by atoms with Gasteiger partial charge in [-0.1, -0.05) is 0 Å². The van der Waals surface area contributed by atoms with Gasteiger partial charge in [0.15, 0.2) is 12.5 Å². The quantitative estimate of drug-likeness (QED) is 0.543. The molecule has 1 aromatic heterocycles. The second-order valence-corrected chi connectivity index (χ2v) is 7.94. The minimum Gasteiger partial charge on any atom is -0.488 e. The lowest BCUT2D eigenvalue weighted by Gasteiger charge is -2.25. The number of benzene rings is 2. The number of amides is 2. The summed E-state index contributed by atoms with van der Waals surface area (Å²) in [6, 6.07) is 11.6. The summed E-state index contributed by atoms with van der Waals surface area (Å²) in [6.45, 7) is 2.40. The number of aromatic nitrogens is 2. The third-order valence-electron chi connectivity index (χ3n) is 5.02. The number of methoxy groups -OCH3 is 1. The van der Waals surface area contributed by atoms with Crippen molar-refractivity contribution < 1.29 is 28.5 Å². The number of nitrogens with one attached hydrogen (secondary N) is 1. The van der Waals surface area contributed by atoms with Gasteiger partial charge in [-0.25, -0.2) is 0 Å². The van der Waals surface area contributed by atoms with Gasteiger partial charge in [-0.05, 0) is 31.2 Å². The fraction of sp³-hybridized carbons (Fsp3) is 0.292. The van der Waals surface area contributed by atoms with Crippen molar-refractivity contribution in [2.75, 3.05) is 32.8 Å². The molecule has 2 amide bonds. The lowest BCUT2D eigenvalue weighted by Crippen LogP contribution is -2.35. The van der Waals surface area contributed by atoms with Gasteiger partial charge in [0.1, 0.15) is 29.1 Å². The molecule has 0 radical (unpaired) electrons. The van der Waals surface area contributed by atoms with Gasteiger partial charge < -0.3 is 29.2 Å². The van der Waals surface area contributed by atoms with Crippen molar-refractivity contribution in [3.05, 3.63) is 59.8 Å². The molecule has 2 aromatic carbocycles. The van der Waals surface area contributed by atoms with Crippen molar-refractivity contribution in [3.63, 3.8) is 0 Å². The normalized spacial score (nSPS) is 13.6. The van der Waals surface area contributed by atoms with Crippen molar-refractivity contribution in [2.45, 2.75) is 13.0 Å². The molecule has 0 saturated carbocycles. The average molecular weight is 466 g/mol. The lowest BCUT2D eigenvalue weighted by atomic mass is 10.1. The number of rotatable bonds is 8. The molecule has 178 valence electrons. The Kier molecular flexibility index (Phi) is 6.69. The van der Waals surface area contributed by atoms with E-state index in [1.54, 1.807) is 74.5 Å². The number of ether oxygens (including phenoxy) is 4. The van der Waals surface area contributed by atoms with Crippen LogP contribution >= 0.6 is 0 Å². The maximum atomic E-state index is 12.9. The number of carbonyl (C=O) groups excluding carboxylic acids is 2. The van der Waals surface area contributed by atoms with Crippen LogP contribution in [0.25, 0.3) is 0 Å². The van der Waals surface area contributed by atoms with Crippen molar-refractivity contribution in [1.29, 1.82) is 0 Å². The number of nitrogens with zero attached hydrogens (tertiary/aromatic N) is 3. The van der Waals surface area contributed by atoms with Gasteiger partial charge in [-0.3, -0.25) is 14.3 Å². The summed E-state index contributed by atoms with van der Waals surface area (Å²) in [5.41, 5.74) is 0.788. The van der Waals surface area contributed by atoms with Crippen LogP contribution in [0.1, 0.15) is 27.6 Å². The van der Waals surface area contributed by atoms with E-state index < -0.39 is 0 Å². The Morgan fingerprint density at radius 1 is 1.15 bits per heavy atom. The van der Waals surface area contributed by atoms with E-state index in [4.69, 9.17) is 18.9 Å². The van der Waals surface area contributed by atoms with Crippen molar-refractivity contribution in [2.24, 2.45) is 7.05 Å². The number of anilines is 1. The molecule has 10 nitrogen and oxygen atoms in total. The van der Waals surface area contributed by atoms with Crippen LogP contribution in [0.3, 0.4) is 0 Å². The Balaban J connectivity index is 1.61. The first-order valence-corrected chi connectivity index (χ1v) is 10.6. The van der Waals surface area contributed by atoms with E-state index in [0.717, 1.165) is 0 Å². The molecule has 4 rings (SSSR count). The summed E-state index contributed by atoms with van der Waals surface area (Å²) in [4.78, 5) is 26.7. The van der Waals surface area contributed by atoms with Gasteiger partial charge in [0.2, 0.25) is 0 Å². The van der Waals surface area contributed by atoms with Gasteiger partial charge in [-0.15, -0.1) is 0 Å². The number of hydrogen-bond donors (Lipinski definition) is 1. The highest BCUT2D eigenvalue weighted by atomic mass is 16.5. The SMILES string of the molecule is COC[C@H](C)Oc1cc(Oc2ccc3c(c2)OCN(C)C3=O)cc(C(=O)Nc2ccn(C)n2)c1. The van der Waals surface area contributed by atoms with Crippen molar-refractivity contribution in [3.8, 4) is 23.0 Å². The third kappa shape index (κ3) is 5.29. The molecule has 3 aromatic rings. The smallest absolute Gasteiger partial charge is 0.259 e. The van der Waals surface area contributed by atoms with Crippen LogP contribution in [0.5, 0.6) is 23.0 Å². The molecule has 0 aliphatic carbocycles. The third-order valence-corrected chi connectivity index (χ3v) is 5.02. The van der Waals surface area contributed by atoms with Crippen LogP contribution in [-0.2, 0) is 11.8 Å². The van der Waals surface area contributed by atoms with Gasteiger partial charge in [0.25, 0.3) is 11.8 Å². The fourth-order valence-electron chi connectivity index (χ4n) is 3.43. The molecule has 0 fully saturated rings. The van der Waals surface area contributed by atoms with Gasteiger partial charge in [0, 0.05) is 51.2 Å². The largest absolute Gasteiger partial charge is 0.488 e.